The number of rotatable bonds is 1. The maximum absolute atomic E-state index is 4.25. The van der Waals surface area contributed by atoms with E-state index in [-0.39, 0.29) is 0 Å². The van der Waals surface area contributed by atoms with Crippen LogP contribution in [0.3, 0.4) is 0 Å². The molecule has 0 bridgehead atoms. The number of fused-ring (bicyclic) bond motifs is 1. The van der Waals surface area contributed by atoms with Crippen molar-refractivity contribution in [2.45, 2.75) is 0 Å². The Morgan fingerprint density at radius 3 is 2.92 bits per heavy atom. The Kier molecular flexibility index (Phi) is 1.73. The molecule has 0 fully saturated rings. The van der Waals surface area contributed by atoms with Gasteiger partial charge in [0.1, 0.15) is 0 Å². The van der Waals surface area contributed by atoms with Gasteiger partial charge in [-0.1, -0.05) is 0 Å². The van der Waals surface area contributed by atoms with Crippen molar-refractivity contribution in [1.82, 2.24) is 4.98 Å². The molecule has 2 rings (SSSR count). The molecule has 0 atom stereocenters. The third kappa shape index (κ3) is 1.16. The highest BCUT2D eigenvalue weighted by atomic mass is 32.1. The fourth-order valence-electron chi connectivity index (χ4n) is 1.12. The topological polar surface area (TPSA) is 16.1 Å². The second kappa shape index (κ2) is 2.75. The molecule has 0 aliphatic heterocycles. The first-order chi connectivity index (χ1) is 5.77. The van der Waals surface area contributed by atoms with E-state index in [1.54, 1.807) is 11.3 Å². The summed E-state index contributed by atoms with van der Waals surface area (Å²) in [5.41, 5.74) is 4.17. The van der Waals surface area contributed by atoms with Crippen LogP contribution in [0.1, 0.15) is 0 Å². The summed E-state index contributed by atoms with van der Waals surface area (Å²) in [7, 11) is 4.07. The monoisotopic (exact) mass is 178 g/mol. The SMILES string of the molecule is CN(C)c1ccc2scnc2c1. The van der Waals surface area contributed by atoms with Crippen molar-refractivity contribution in [1.29, 1.82) is 0 Å². The summed E-state index contributed by atoms with van der Waals surface area (Å²) in [5.74, 6) is 0. The predicted molar refractivity (Wildman–Crippen MR) is 53.9 cm³/mol. The minimum Gasteiger partial charge on any atom is -0.378 e. The molecule has 0 saturated carbocycles. The van der Waals surface area contributed by atoms with Crippen molar-refractivity contribution < 1.29 is 0 Å². The van der Waals surface area contributed by atoms with Gasteiger partial charge in [0, 0.05) is 19.8 Å². The smallest absolute Gasteiger partial charge is 0.0832 e. The van der Waals surface area contributed by atoms with Gasteiger partial charge in [-0.2, -0.15) is 0 Å². The Morgan fingerprint density at radius 2 is 2.17 bits per heavy atom. The number of hydrogen-bond donors (Lipinski definition) is 0. The van der Waals surface area contributed by atoms with Gasteiger partial charge in [0.05, 0.1) is 15.7 Å². The molecular weight excluding hydrogens is 168 g/mol. The van der Waals surface area contributed by atoms with E-state index in [9.17, 15) is 0 Å². The standard InChI is InChI=1S/C9H10N2S/c1-11(2)7-3-4-9-8(5-7)10-6-12-9/h3-6H,1-2H3. The highest BCUT2D eigenvalue weighted by Crippen LogP contribution is 2.22. The molecule has 1 aromatic carbocycles. The number of thiazole rings is 1. The van der Waals surface area contributed by atoms with Crippen LogP contribution >= 0.6 is 11.3 Å². The van der Waals surface area contributed by atoms with Gasteiger partial charge >= 0.3 is 0 Å². The number of benzene rings is 1. The zero-order valence-corrected chi connectivity index (χ0v) is 7.93. The first-order valence-electron chi connectivity index (χ1n) is 3.78. The van der Waals surface area contributed by atoms with Gasteiger partial charge in [-0.3, -0.25) is 0 Å². The van der Waals surface area contributed by atoms with Crippen LogP contribution in [0.4, 0.5) is 5.69 Å². The fourth-order valence-corrected chi connectivity index (χ4v) is 1.78. The number of hydrogen-bond acceptors (Lipinski definition) is 3. The Labute approximate surface area is 75.5 Å². The maximum Gasteiger partial charge on any atom is 0.0832 e. The molecule has 0 spiro atoms. The molecule has 0 amide bonds. The lowest BCUT2D eigenvalue weighted by Gasteiger charge is -2.11. The minimum absolute atomic E-state index is 1.09. The summed E-state index contributed by atoms with van der Waals surface area (Å²) in [6.45, 7) is 0. The molecule has 0 radical (unpaired) electrons. The molecule has 0 N–H and O–H groups in total. The molecule has 3 heteroatoms. The average molecular weight is 178 g/mol. The highest BCUT2D eigenvalue weighted by molar-refractivity contribution is 7.16. The molecule has 62 valence electrons. The van der Waals surface area contributed by atoms with E-state index in [1.165, 1.54) is 10.4 Å². The minimum atomic E-state index is 1.09. The van der Waals surface area contributed by atoms with E-state index in [0.717, 1.165) is 5.52 Å². The zero-order valence-electron chi connectivity index (χ0n) is 7.11. The van der Waals surface area contributed by atoms with Gasteiger partial charge in [-0.15, -0.1) is 11.3 Å². The first kappa shape index (κ1) is 7.55. The van der Waals surface area contributed by atoms with Crippen molar-refractivity contribution in [3.8, 4) is 0 Å². The van der Waals surface area contributed by atoms with Crippen molar-refractivity contribution in [3.05, 3.63) is 23.7 Å². The van der Waals surface area contributed by atoms with E-state index >= 15 is 0 Å². The fraction of sp³-hybridized carbons (Fsp3) is 0.222. The van der Waals surface area contributed by atoms with Crippen LogP contribution in [0.15, 0.2) is 23.7 Å². The Hall–Kier alpha value is -1.09. The predicted octanol–water partition coefficient (Wildman–Crippen LogP) is 2.36. The lowest BCUT2D eigenvalue weighted by molar-refractivity contribution is 1.13. The summed E-state index contributed by atoms with van der Waals surface area (Å²) in [6.07, 6.45) is 0. The summed E-state index contributed by atoms with van der Waals surface area (Å²) in [6, 6.07) is 6.33. The van der Waals surface area contributed by atoms with Crippen LogP contribution in [0.5, 0.6) is 0 Å². The molecule has 2 nitrogen and oxygen atoms in total. The molecule has 0 aliphatic carbocycles. The van der Waals surface area contributed by atoms with Crippen molar-refractivity contribution in [2.75, 3.05) is 19.0 Å². The number of aromatic nitrogens is 1. The van der Waals surface area contributed by atoms with Gasteiger partial charge in [0.25, 0.3) is 0 Å². The molecule has 0 unspecified atom stereocenters. The lowest BCUT2D eigenvalue weighted by atomic mass is 10.3. The summed E-state index contributed by atoms with van der Waals surface area (Å²) >= 11 is 1.68. The average Bonchev–Trinajstić information content (AvgIpc) is 2.49. The van der Waals surface area contributed by atoms with Gasteiger partial charge in [-0.25, -0.2) is 4.98 Å². The van der Waals surface area contributed by atoms with E-state index in [4.69, 9.17) is 0 Å². The number of nitrogens with zero attached hydrogens (tertiary/aromatic N) is 2. The van der Waals surface area contributed by atoms with Gasteiger partial charge in [0.15, 0.2) is 0 Å². The van der Waals surface area contributed by atoms with E-state index in [2.05, 4.69) is 28.1 Å². The van der Waals surface area contributed by atoms with Crippen molar-refractivity contribution in [2.24, 2.45) is 0 Å². The van der Waals surface area contributed by atoms with Crippen LogP contribution in [0.2, 0.25) is 0 Å². The summed E-state index contributed by atoms with van der Waals surface area (Å²) < 4.78 is 1.25. The second-order valence-corrected chi connectivity index (χ2v) is 3.79. The van der Waals surface area contributed by atoms with Crippen LogP contribution in [0.25, 0.3) is 10.2 Å². The molecule has 0 saturated heterocycles. The van der Waals surface area contributed by atoms with Gasteiger partial charge in [0.2, 0.25) is 0 Å². The molecular formula is C9H10N2S. The highest BCUT2D eigenvalue weighted by Gasteiger charge is 1.98. The van der Waals surface area contributed by atoms with E-state index in [0.29, 0.717) is 0 Å². The van der Waals surface area contributed by atoms with Gasteiger partial charge in [-0.05, 0) is 18.2 Å². The Bertz CT molecular complexity index is 392. The van der Waals surface area contributed by atoms with E-state index < -0.39 is 0 Å². The largest absolute Gasteiger partial charge is 0.378 e. The van der Waals surface area contributed by atoms with Crippen LogP contribution in [-0.2, 0) is 0 Å². The number of anilines is 1. The molecule has 1 aromatic heterocycles. The molecule has 1 heterocycles. The zero-order chi connectivity index (χ0) is 8.55. The first-order valence-corrected chi connectivity index (χ1v) is 4.66. The van der Waals surface area contributed by atoms with Crippen LogP contribution in [0, 0.1) is 0 Å². The lowest BCUT2D eigenvalue weighted by Crippen LogP contribution is -2.07. The maximum atomic E-state index is 4.25. The van der Waals surface area contributed by atoms with Crippen molar-refractivity contribution in [3.63, 3.8) is 0 Å². The van der Waals surface area contributed by atoms with Crippen molar-refractivity contribution >= 4 is 27.2 Å². The van der Waals surface area contributed by atoms with Crippen LogP contribution in [-0.4, -0.2) is 19.1 Å². The van der Waals surface area contributed by atoms with E-state index in [1.807, 2.05) is 19.6 Å². The summed E-state index contributed by atoms with van der Waals surface area (Å²) in [4.78, 5) is 6.34. The third-order valence-corrected chi connectivity index (χ3v) is 2.64. The Morgan fingerprint density at radius 1 is 1.33 bits per heavy atom. The summed E-state index contributed by atoms with van der Waals surface area (Å²) in [5, 5.41) is 0. The molecule has 2 aromatic rings. The van der Waals surface area contributed by atoms with Gasteiger partial charge < -0.3 is 4.90 Å². The Balaban J connectivity index is 2.60. The second-order valence-electron chi connectivity index (χ2n) is 2.90. The molecule has 0 aliphatic rings. The molecule has 12 heavy (non-hydrogen) atoms. The quantitative estimate of drug-likeness (QED) is 0.666. The third-order valence-electron chi connectivity index (χ3n) is 1.83. The normalized spacial score (nSPS) is 10.5. The van der Waals surface area contributed by atoms with Crippen LogP contribution < -0.4 is 4.90 Å².